The first-order chi connectivity index (χ1) is 12.4. The summed E-state index contributed by atoms with van der Waals surface area (Å²) in [7, 11) is 1.76. The molecule has 0 aliphatic heterocycles. The highest BCUT2D eigenvalue weighted by Crippen LogP contribution is 2.26. The van der Waals surface area contributed by atoms with Crippen molar-refractivity contribution in [3.63, 3.8) is 0 Å². The van der Waals surface area contributed by atoms with Gasteiger partial charge in [-0.2, -0.15) is 5.10 Å². The van der Waals surface area contributed by atoms with E-state index in [1.54, 1.807) is 30.1 Å². The highest BCUT2D eigenvalue weighted by Gasteiger charge is 2.19. The molecule has 26 heavy (non-hydrogen) atoms. The van der Waals surface area contributed by atoms with Crippen LogP contribution in [0.2, 0.25) is 0 Å². The molecule has 0 unspecified atom stereocenters. The van der Waals surface area contributed by atoms with Gasteiger partial charge in [-0.15, -0.1) is 0 Å². The third kappa shape index (κ3) is 3.31. The molecule has 0 atom stereocenters. The molecule has 0 radical (unpaired) electrons. The summed E-state index contributed by atoms with van der Waals surface area (Å²) in [5.74, 6) is 0.383. The van der Waals surface area contributed by atoms with Crippen LogP contribution in [0.5, 0.6) is 0 Å². The number of alkyl halides is 2. The Balaban J connectivity index is 1.77. The van der Waals surface area contributed by atoms with Crippen LogP contribution in [0.25, 0.3) is 11.0 Å². The number of halogens is 2. The molecule has 1 amide bonds. The molecule has 3 rings (SSSR count). The third-order valence-corrected chi connectivity index (χ3v) is 4.45. The van der Waals surface area contributed by atoms with Crippen LogP contribution in [-0.2, 0) is 24.8 Å². The van der Waals surface area contributed by atoms with Crippen molar-refractivity contribution in [1.82, 2.24) is 19.3 Å². The van der Waals surface area contributed by atoms with Crippen LogP contribution in [0.1, 0.15) is 36.7 Å². The molecule has 6 nitrogen and oxygen atoms in total. The quantitative estimate of drug-likeness (QED) is 0.729. The van der Waals surface area contributed by atoms with Gasteiger partial charge in [0.15, 0.2) is 0 Å². The molecule has 0 saturated carbocycles. The van der Waals surface area contributed by atoms with Crippen LogP contribution in [0.4, 0.5) is 14.6 Å². The number of fused-ring (bicyclic) bond motifs is 1. The Kier molecular flexibility index (Phi) is 5.01. The summed E-state index contributed by atoms with van der Waals surface area (Å²) in [6, 6.07) is 4.85. The lowest BCUT2D eigenvalue weighted by molar-refractivity contribution is -0.116. The summed E-state index contributed by atoms with van der Waals surface area (Å²) < 4.78 is 29.7. The first kappa shape index (κ1) is 18.0. The normalized spacial score (nSPS) is 11.5. The number of rotatable bonds is 6. The summed E-state index contributed by atoms with van der Waals surface area (Å²) in [5.41, 5.74) is 2.17. The second kappa shape index (κ2) is 7.23. The van der Waals surface area contributed by atoms with Crippen LogP contribution in [0.15, 0.2) is 24.4 Å². The molecule has 0 aliphatic rings. The van der Waals surface area contributed by atoms with Gasteiger partial charge in [0.25, 0.3) is 6.43 Å². The second-order valence-corrected chi connectivity index (χ2v) is 6.13. The summed E-state index contributed by atoms with van der Waals surface area (Å²) in [6.07, 6.45) is -0.237. The van der Waals surface area contributed by atoms with Crippen LogP contribution in [-0.4, -0.2) is 25.2 Å². The number of amides is 1. The number of nitrogens with zero attached hydrogens (tertiary/aromatic N) is 4. The van der Waals surface area contributed by atoms with Crippen molar-refractivity contribution in [1.29, 1.82) is 0 Å². The van der Waals surface area contributed by atoms with E-state index in [9.17, 15) is 13.6 Å². The molecule has 1 N–H and O–H groups in total. The summed E-state index contributed by atoms with van der Waals surface area (Å²) in [6.45, 7) is 4.03. The molecule has 3 aromatic heterocycles. The minimum absolute atomic E-state index is 0.0617. The zero-order valence-corrected chi connectivity index (χ0v) is 15.0. The summed E-state index contributed by atoms with van der Waals surface area (Å²) >= 11 is 0. The number of hydrogen-bond acceptors (Lipinski definition) is 3. The SMILES string of the molecule is CCc1nn(C)c(NC(=O)CCn2c(C(F)F)cc3cccnc32)c1C. The number of pyridine rings is 1. The maximum atomic E-state index is 13.3. The largest absolute Gasteiger partial charge is 0.324 e. The summed E-state index contributed by atoms with van der Waals surface area (Å²) in [4.78, 5) is 16.5. The van der Waals surface area contributed by atoms with E-state index in [4.69, 9.17) is 0 Å². The number of nitrogens with one attached hydrogen (secondary N) is 1. The number of aryl methyl sites for hydroxylation is 3. The Labute approximate surface area is 149 Å². The monoisotopic (exact) mass is 361 g/mol. The zero-order valence-electron chi connectivity index (χ0n) is 15.0. The standard InChI is InChI=1S/C18H21F2N5O/c1-4-13-11(2)17(24(3)23-13)22-15(26)7-9-25-14(16(19)20)10-12-6-5-8-21-18(12)25/h5-6,8,10,16H,4,7,9H2,1-3H3,(H,22,26). The number of carbonyl (C=O) groups excluding carboxylic acids is 1. The Morgan fingerprint density at radius 3 is 2.81 bits per heavy atom. The molecule has 0 fully saturated rings. The minimum atomic E-state index is -2.63. The van der Waals surface area contributed by atoms with E-state index < -0.39 is 6.43 Å². The van der Waals surface area contributed by atoms with Crippen LogP contribution >= 0.6 is 0 Å². The maximum absolute atomic E-state index is 13.3. The van der Waals surface area contributed by atoms with Crippen molar-refractivity contribution >= 4 is 22.8 Å². The number of hydrogen-bond donors (Lipinski definition) is 1. The Morgan fingerprint density at radius 2 is 2.15 bits per heavy atom. The van der Waals surface area contributed by atoms with Crippen molar-refractivity contribution in [2.24, 2.45) is 7.05 Å². The lowest BCUT2D eigenvalue weighted by Crippen LogP contribution is -2.18. The van der Waals surface area contributed by atoms with E-state index >= 15 is 0 Å². The Morgan fingerprint density at radius 1 is 1.38 bits per heavy atom. The molecule has 8 heteroatoms. The molecular formula is C18H21F2N5O. The predicted octanol–water partition coefficient (Wildman–Crippen LogP) is 3.61. The lowest BCUT2D eigenvalue weighted by atomic mass is 10.2. The van der Waals surface area contributed by atoms with Crippen molar-refractivity contribution < 1.29 is 13.6 Å². The Hall–Kier alpha value is -2.77. The first-order valence-corrected chi connectivity index (χ1v) is 8.47. The van der Waals surface area contributed by atoms with Crippen molar-refractivity contribution in [3.8, 4) is 0 Å². The number of carbonyl (C=O) groups is 1. The van der Waals surface area contributed by atoms with Crippen molar-refractivity contribution in [2.75, 3.05) is 5.32 Å². The average Bonchev–Trinajstić information content (AvgIpc) is 3.12. The average molecular weight is 361 g/mol. The van der Waals surface area contributed by atoms with Gasteiger partial charge in [-0.05, 0) is 31.5 Å². The summed E-state index contributed by atoms with van der Waals surface area (Å²) in [5, 5.41) is 7.83. The molecule has 3 aromatic rings. The van der Waals surface area contributed by atoms with Crippen LogP contribution < -0.4 is 5.32 Å². The number of aromatic nitrogens is 4. The molecular weight excluding hydrogens is 340 g/mol. The number of anilines is 1. The third-order valence-electron chi connectivity index (χ3n) is 4.45. The second-order valence-electron chi connectivity index (χ2n) is 6.13. The van der Waals surface area contributed by atoms with E-state index in [-0.39, 0.29) is 24.6 Å². The fraction of sp³-hybridized carbons (Fsp3) is 0.389. The minimum Gasteiger partial charge on any atom is -0.324 e. The molecule has 0 saturated heterocycles. The maximum Gasteiger partial charge on any atom is 0.278 e. The van der Waals surface area contributed by atoms with E-state index in [0.29, 0.717) is 16.9 Å². The molecule has 3 heterocycles. The van der Waals surface area contributed by atoms with Crippen LogP contribution in [0, 0.1) is 6.92 Å². The van der Waals surface area contributed by atoms with E-state index in [1.165, 1.54) is 10.6 Å². The van der Waals surface area contributed by atoms with Gasteiger partial charge in [-0.25, -0.2) is 13.8 Å². The van der Waals surface area contributed by atoms with Gasteiger partial charge in [-0.1, -0.05) is 6.92 Å². The molecule has 0 aliphatic carbocycles. The van der Waals surface area contributed by atoms with Gasteiger partial charge in [0.1, 0.15) is 11.5 Å². The molecule has 0 bridgehead atoms. The first-order valence-electron chi connectivity index (χ1n) is 8.47. The topological polar surface area (TPSA) is 64.7 Å². The van der Waals surface area contributed by atoms with Gasteiger partial charge in [0.2, 0.25) is 5.91 Å². The van der Waals surface area contributed by atoms with Gasteiger partial charge in [0, 0.05) is 37.2 Å². The molecule has 0 aromatic carbocycles. The molecule has 138 valence electrons. The van der Waals surface area contributed by atoms with E-state index in [2.05, 4.69) is 15.4 Å². The Bertz CT molecular complexity index is 945. The smallest absolute Gasteiger partial charge is 0.278 e. The predicted molar refractivity (Wildman–Crippen MR) is 95.3 cm³/mol. The highest BCUT2D eigenvalue weighted by atomic mass is 19.3. The van der Waals surface area contributed by atoms with Gasteiger partial charge in [0.05, 0.1) is 11.4 Å². The highest BCUT2D eigenvalue weighted by molar-refractivity contribution is 5.90. The van der Waals surface area contributed by atoms with Crippen LogP contribution in [0.3, 0.4) is 0 Å². The van der Waals surface area contributed by atoms with Crippen molar-refractivity contribution in [3.05, 3.63) is 41.3 Å². The van der Waals surface area contributed by atoms with Gasteiger partial charge in [-0.3, -0.25) is 9.48 Å². The van der Waals surface area contributed by atoms with Gasteiger partial charge >= 0.3 is 0 Å². The lowest BCUT2D eigenvalue weighted by Gasteiger charge is -2.10. The van der Waals surface area contributed by atoms with Crippen molar-refractivity contribution in [2.45, 2.75) is 39.7 Å². The zero-order chi connectivity index (χ0) is 18.8. The fourth-order valence-corrected chi connectivity index (χ4v) is 3.13. The fourth-order valence-electron chi connectivity index (χ4n) is 3.13. The van der Waals surface area contributed by atoms with Gasteiger partial charge < -0.3 is 9.88 Å². The molecule has 0 spiro atoms. The van der Waals surface area contributed by atoms with E-state index in [1.807, 2.05) is 13.8 Å². The van der Waals surface area contributed by atoms with E-state index in [0.717, 1.165) is 17.7 Å².